The van der Waals surface area contributed by atoms with Crippen LogP contribution in [0.2, 0.25) is 0 Å². The van der Waals surface area contributed by atoms with Gasteiger partial charge in [-0.3, -0.25) is 9.78 Å². The van der Waals surface area contributed by atoms with Gasteiger partial charge in [0.25, 0.3) is 5.91 Å². The number of nitrogens with zero attached hydrogens (tertiary/aromatic N) is 4. The van der Waals surface area contributed by atoms with Crippen LogP contribution in [0, 0.1) is 18.3 Å². The number of rotatable bonds is 5. The van der Waals surface area contributed by atoms with Crippen molar-refractivity contribution in [1.82, 2.24) is 15.0 Å². The van der Waals surface area contributed by atoms with Gasteiger partial charge >= 0.3 is 0 Å². The van der Waals surface area contributed by atoms with Crippen LogP contribution in [0.4, 0.5) is 5.69 Å². The molecule has 128 valence electrons. The molecule has 0 radical (unpaired) electrons. The fourth-order valence-electron chi connectivity index (χ4n) is 1.96. The van der Waals surface area contributed by atoms with Gasteiger partial charge in [0, 0.05) is 24.2 Å². The van der Waals surface area contributed by atoms with Gasteiger partial charge in [-0.15, -0.1) is 0 Å². The summed E-state index contributed by atoms with van der Waals surface area (Å²) in [6, 6.07) is 10.5. The van der Waals surface area contributed by atoms with Crippen molar-refractivity contribution in [2.24, 2.45) is 0 Å². The predicted molar refractivity (Wildman–Crippen MR) is 96.1 cm³/mol. The second-order valence-corrected chi connectivity index (χ2v) is 6.08. The number of hydrogen-bond acceptors (Lipinski definition) is 7. The molecular weight excluding hydrogens is 350 g/mol. The Hall–Kier alpha value is -3.44. The Labute approximate surface area is 153 Å². The van der Waals surface area contributed by atoms with Gasteiger partial charge in [0.15, 0.2) is 10.2 Å². The van der Waals surface area contributed by atoms with Gasteiger partial charge in [0.05, 0.1) is 11.9 Å². The zero-order valence-corrected chi connectivity index (χ0v) is 14.5. The van der Waals surface area contributed by atoms with Crippen molar-refractivity contribution < 1.29 is 9.21 Å². The number of aryl methyl sites for hydroxylation is 1. The Balaban J connectivity index is 1.72. The van der Waals surface area contributed by atoms with Crippen molar-refractivity contribution in [3.05, 3.63) is 65.9 Å². The molecule has 0 aliphatic rings. The summed E-state index contributed by atoms with van der Waals surface area (Å²) in [7, 11) is 0. The molecule has 0 bridgehead atoms. The average Bonchev–Trinajstić information content (AvgIpc) is 3.07. The van der Waals surface area contributed by atoms with Crippen LogP contribution in [-0.2, 0) is 4.79 Å². The van der Waals surface area contributed by atoms with Crippen molar-refractivity contribution in [3.8, 4) is 6.07 Å². The molecule has 7 nitrogen and oxygen atoms in total. The number of carbonyl (C=O) groups excluding carboxylic acids is 1. The molecule has 0 fully saturated rings. The number of amides is 1. The predicted octanol–water partition coefficient (Wildman–Crippen LogP) is 3.47. The third-order valence-corrected chi connectivity index (χ3v) is 3.94. The van der Waals surface area contributed by atoms with Crippen molar-refractivity contribution in [2.45, 2.75) is 17.2 Å². The van der Waals surface area contributed by atoms with Crippen LogP contribution in [0.1, 0.15) is 11.5 Å². The van der Waals surface area contributed by atoms with E-state index in [1.807, 2.05) is 13.0 Å². The number of nitrogens with one attached hydrogen (secondary N) is 1. The molecule has 0 atom stereocenters. The Bertz CT molecular complexity index is 992. The summed E-state index contributed by atoms with van der Waals surface area (Å²) >= 11 is 1.26. The minimum Gasteiger partial charge on any atom is -0.450 e. The summed E-state index contributed by atoms with van der Waals surface area (Å²) < 4.78 is 5.62. The van der Waals surface area contributed by atoms with Crippen molar-refractivity contribution in [3.63, 3.8) is 0 Å². The lowest BCUT2D eigenvalue weighted by Crippen LogP contribution is -2.13. The van der Waals surface area contributed by atoms with Gasteiger partial charge < -0.3 is 9.73 Å². The molecule has 0 spiro atoms. The molecule has 0 aromatic carbocycles. The molecule has 0 saturated carbocycles. The second-order valence-electron chi connectivity index (χ2n) is 5.11. The first-order valence-corrected chi connectivity index (χ1v) is 8.36. The maximum absolute atomic E-state index is 12.2. The van der Waals surface area contributed by atoms with Crippen LogP contribution in [0.15, 0.2) is 69.2 Å². The summed E-state index contributed by atoms with van der Waals surface area (Å²) in [5.74, 6) is -0.147. The van der Waals surface area contributed by atoms with Crippen LogP contribution in [-0.4, -0.2) is 20.9 Å². The molecule has 0 aliphatic carbocycles. The molecule has 3 rings (SSSR count). The number of nitriles is 1. The molecule has 3 aromatic heterocycles. The number of furan rings is 1. The smallest absolute Gasteiger partial charge is 0.266 e. The number of aromatic nitrogens is 3. The molecule has 3 aromatic rings. The zero-order chi connectivity index (χ0) is 18.4. The Morgan fingerprint density at radius 2 is 2.19 bits per heavy atom. The van der Waals surface area contributed by atoms with Gasteiger partial charge in [-0.05, 0) is 49.0 Å². The van der Waals surface area contributed by atoms with E-state index in [4.69, 9.17) is 4.42 Å². The number of anilines is 1. The van der Waals surface area contributed by atoms with E-state index < -0.39 is 5.91 Å². The highest BCUT2D eigenvalue weighted by Crippen LogP contribution is 2.27. The van der Waals surface area contributed by atoms with Crippen LogP contribution in [0.3, 0.4) is 0 Å². The Kier molecular flexibility index (Phi) is 5.41. The zero-order valence-electron chi connectivity index (χ0n) is 13.7. The largest absolute Gasteiger partial charge is 0.450 e. The molecule has 8 heteroatoms. The van der Waals surface area contributed by atoms with E-state index in [0.717, 1.165) is 5.69 Å². The molecule has 1 N–H and O–H groups in total. The van der Waals surface area contributed by atoms with Gasteiger partial charge in [0.2, 0.25) is 0 Å². The fraction of sp³-hybridized carbons (Fsp3) is 0.0556. The molecule has 0 aliphatic heterocycles. The van der Waals surface area contributed by atoms with Crippen LogP contribution >= 0.6 is 11.8 Å². The molecular formula is C18H13N5O2S. The summed E-state index contributed by atoms with van der Waals surface area (Å²) in [6.45, 7) is 1.88. The average molecular weight is 363 g/mol. The van der Waals surface area contributed by atoms with Crippen molar-refractivity contribution in [2.75, 3.05) is 5.32 Å². The van der Waals surface area contributed by atoms with E-state index in [1.54, 1.807) is 42.7 Å². The topological polar surface area (TPSA) is 105 Å². The highest BCUT2D eigenvalue weighted by atomic mass is 32.2. The molecule has 0 unspecified atom stereocenters. The van der Waals surface area contributed by atoms with Crippen molar-refractivity contribution in [1.29, 1.82) is 5.26 Å². The number of hydrogen-bond donors (Lipinski definition) is 1. The highest BCUT2D eigenvalue weighted by Gasteiger charge is 2.12. The van der Waals surface area contributed by atoms with E-state index in [2.05, 4.69) is 20.3 Å². The third-order valence-electron chi connectivity index (χ3n) is 3.14. The van der Waals surface area contributed by atoms with Crippen LogP contribution in [0.5, 0.6) is 0 Å². The Morgan fingerprint density at radius 3 is 2.92 bits per heavy atom. The van der Waals surface area contributed by atoms with E-state index in [-0.39, 0.29) is 5.57 Å². The van der Waals surface area contributed by atoms with Crippen molar-refractivity contribution >= 4 is 29.4 Å². The maximum atomic E-state index is 12.2. The summed E-state index contributed by atoms with van der Waals surface area (Å²) in [5, 5.41) is 13.0. The quantitative estimate of drug-likeness (QED) is 0.420. The van der Waals surface area contributed by atoms with Gasteiger partial charge in [0.1, 0.15) is 17.4 Å². The van der Waals surface area contributed by atoms with Gasteiger partial charge in [-0.25, -0.2) is 9.97 Å². The van der Waals surface area contributed by atoms with Gasteiger partial charge in [-0.2, -0.15) is 5.26 Å². The molecule has 3 heterocycles. The summed E-state index contributed by atoms with van der Waals surface area (Å²) in [6.07, 6.45) is 6.14. The summed E-state index contributed by atoms with van der Waals surface area (Å²) in [4.78, 5) is 24.5. The second kappa shape index (κ2) is 8.09. The lowest BCUT2D eigenvalue weighted by Gasteiger charge is -2.02. The maximum Gasteiger partial charge on any atom is 0.266 e. The SMILES string of the molecule is Cc1ccnc(Sc2ccc(/C=C(\C#N)C(=O)Nc3cccnc3)o2)n1. The monoisotopic (exact) mass is 363 g/mol. The van der Waals surface area contributed by atoms with Crippen LogP contribution < -0.4 is 5.32 Å². The first-order chi connectivity index (χ1) is 12.6. The Morgan fingerprint density at radius 1 is 1.31 bits per heavy atom. The minimum atomic E-state index is -0.534. The molecule has 26 heavy (non-hydrogen) atoms. The van der Waals surface area contributed by atoms with E-state index >= 15 is 0 Å². The standard InChI is InChI=1S/C18H13N5O2S/c1-12-6-8-21-18(22-12)26-16-5-4-15(25-16)9-13(10-19)17(24)23-14-3-2-7-20-11-14/h2-9,11H,1H3,(H,23,24)/b13-9+. The highest BCUT2D eigenvalue weighted by molar-refractivity contribution is 7.99. The fourth-order valence-corrected chi connectivity index (χ4v) is 2.71. The molecule has 1 amide bonds. The minimum absolute atomic E-state index is 0.0773. The first-order valence-electron chi connectivity index (χ1n) is 7.54. The van der Waals surface area contributed by atoms with Gasteiger partial charge in [-0.1, -0.05) is 0 Å². The number of pyridine rings is 1. The molecule has 0 saturated heterocycles. The lowest BCUT2D eigenvalue weighted by molar-refractivity contribution is -0.112. The normalized spacial score (nSPS) is 11.0. The summed E-state index contributed by atoms with van der Waals surface area (Å²) in [5.41, 5.74) is 1.28. The first kappa shape index (κ1) is 17.4. The third kappa shape index (κ3) is 4.55. The van der Waals surface area contributed by atoms with E-state index in [9.17, 15) is 10.1 Å². The van der Waals surface area contributed by atoms with E-state index in [0.29, 0.717) is 21.7 Å². The lowest BCUT2D eigenvalue weighted by atomic mass is 10.2. The number of carbonyl (C=O) groups is 1. The van der Waals surface area contributed by atoms with E-state index in [1.165, 1.54) is 24.0 Å². The van der Waals surface area contributed by atoms with Crippen LogP contribution in [0.25, 0.3) is 6.08 Å².